The van der Waals surface area contributed by atoms with E-state index >= 15 is 0 Å². The fourth-order valence-corrected chi connectivity index (χ4v) is 5.90. The van der Waals surface area contributed by atoms with Gasteiger partial charge in [-0.2, -0.15) is 0 Å². The minimum Gasteiger partial charge on any atom is -0.326 e. The zero-order valence-corrected chi connectivity index (χ0v) is 14.1. The van der Waals surface area contributed by atoms with Gasteiger partial charge in [-0.05, 0) is 74.2 Å². The Bertz CT molecular complexity index is 663. The average Bonchev–Trinajstić information content (AvgIpc) is 2.47. The molecule has 4 aliphatic carbocycles. The Hall–Kier alpha value is -1.91. The molecule has 0 saturated heterocycles. The van der Waals surface area contributed by atoms with Crippen LogP contribution in [0.4, 0.5) is 11.4 Å². The molecule has 0 unspecified atom stereocenters. The summed E-state index contributed by atoms with van der Waals surface area (Å²) in [6, 6.07) is 4.63. The molecule has 0 aromatic heterocycles. The first-order valence-electron chi connectivity index (χ1n) is 8.97. The zero-order chi connectivity index (χ0) is 16.9. The molecule has 24 heavy (non-hydrogen) atoms. The Labute approximate surface area is 142 Å². The van der Waals surface area contributed by atoms with Crippen molar-refractivity contribution in [3.8, 4) is 0 Å². The van der Waals surface area contributed by atoms with Crippen molar-refractivity contribution in [3.05, 3.63) is 33.9 Å². The third kappa shape index (κ3) is 2.80. The third-order valence-corrected chi connectivity index (χ3v) is 6.41. The summed E-state index contributed by atoms with van der Waals surface area (Å²) in [5.41, 5.74) is 1.64. The second-order valence-corrected chi connectivity index (χ2v) is 8.40. The van der Waals surface area contributed by atoms with Gasteiger partial charge in [-0.25, -0.2) is 0 Å². The molecule has 1 N–H and O–H groups in total. The number of nitrogens with zero attached hydrogens (tertiary/aromatic N) is 1. The fourth-order valence-electron chi connectivity index (χ4n) is 5.90. The van der Waals surface area contributed by atoms with Crippen molar-refractivity contribution in [3.63, 3.8) is 0 Å². The quantitative estimate of drug-likeness (QED) is 0.655. The highest BCUT2D eigenvalue weighted by molar-refractivity contribution is 5.92. The lowest BCUT2D eigenvalue weighted by atomic mass is 9.49. The van der Waals surface area contributed by atoms with Crippen LogP contribution in [0.25, 0.3) is 0 Å². The van der Waals surface area contributed by atoms with Crippen molar-refractivity contribution in [2.24, 2.45) is 23.2 Å². The molecule has 1 amide bonds. The van der Waals surface area contributed by atoms with E-state index in [4.69, 9.17) is 0 Å². The van der Waals surface area contributed by atoms with E-state index in [-0.39, 0.29) is 17.0 Å². The lowest BCUT2D eigenvalue weighted by Gasteiger charge is -2.56. The maximum atomic E-state index is 12.6. The van der Waals surface area contributed by atoms with E-state index in [0.29, 0.717) is 12.1 Å². The van der Waals surface area contributed by atoms with E-state index in [0.717, 1.165) is 23.3 Å². The summed E-state index contributed by atoms with van der Waals surface area (Å²) in [5, 5.41) is 13.9. The monoisotopic (exact) mass is 328 g/mol. The minimum atomic E-state index is -0.422. The van der Waals surface area contributed by atoms with Gasteiger partial charge in [0.25, 0.3) is 5.69 Å². The van der Waals surface area contributed by atoms with Crippen LogP contribution >= 0.6 is 0 Å². The van der Waals surface area contributed by atoms with Crippen molar-refractivity contribution >= 4 is 17.3 Å². The molecule has 0 spiro atoms. The van der Waals surface area contributed by atoms with E-state index in [1.807, 2.05) is 6.92 Å². The number of amides is 1. The molecule has 4 bridgehead atoms. The van der Waals surface area contributed by atoms with E-state index in [2.05, 4.69) is 5.32 Å². The SMILES string of the molecule is Cc1ccc([N+](=O)[O-])cc1NC(=O)CC12CC3CC(CC(C3)C1)C2. The largest absolute Gasteiger partial charge is 0.326 e. The Morgan fingerprint density at radius 2 is 1.79 bits per heavy atom. The number of aryl methyl sites for hydroxylation is 1. The van der Waals surface area contributed by atoms with Crippen LogP contribution in [0.15, 0.2) is 18.2 Å². The highest BCUT2D eigenvalue weighted by Gasteiger charge is 2.51. The maximum absolute atomic E-state index is 12.6. The van der Waals surface area contributed by atoms with Gasteiger partial charge in [0.1, 0.15) is 0 Å². The van der Waals surface area contributed by atoms with E-state index < -0.39 is 4.92 Å². The molecule has 1 aromatic rings. The van der Waals surface area contributed by atoms with Crippen LogP contribution in [0.1, 0.15) is 50.5 Å². The number of nitro benzene ring substituents is 1. The molecule has 0 radical (unpaired) electrons. The second kappa shape index (κ2) is 5.57. The molecule has 0 atom stereocenters. The molecule has 5 rings (SSSR count). The molecule has 1 aromatic carbocycles. The number of nitrogens with one attached hydrogen (secondary N) is 1. The van der Waals surface area contributed by atoms with E-state index in [9.17, 15) is 14.9 Å². The highest BCUT2D eigenvalue weighted by Crippen LogP contribution is 2.61. The predicted octanol–water partition coefficient (Wildman–Crippen LogP) is 4.45. The molecular formula is C19H24N2O3. The molecular weight excluding hydrogens is 304 g/mol. The summed E-state index contributed by atoms with van der Waals surface area (Å²) >= 11 is 0. The molecule has 4 aliphatic rings. The van der Waals surface area contributed by atoms with E-state index in [1.54, 1.807) is 6.07 Å². The summed E-state index contributed by atoms with van der Waals surface area (Å²) in [4.78, 5) is 23.2. The minimum absolute atomic E-state index is 0.0144. The van der Waals surface area contributed by atoms with Gasteiger partial charge >= 0.3 is 0 Å². The lowest BCUT2D eigenvalue weighted by molar-refractivity contribution is -0.384. The van der Waals surface area contributed by atoms with Gasteiger partial charge in [-0.3, -0.25) is 14.9 Å². The smallest absolute Gasteiger partial charge is 0.271 e. The van der Waals surface area contributed by atoms with Gasteiger partial charge in [0.15, 0.2) is 0 Å². The van der Waals surface area contributed by atoms with Crippen LogP contribution in [0.5, 0.6) is 0 Å². The van der Waals surface area contributed by atoms with Crippen molar-refractivity contribution < 1.29 is 9.72 Å². The first kappa shape index (κ1) is 15.6. The molecule has 5 heteroatoms. The normalized spacial score (nSPS) is 33.5. The number of nitro groups is 1. The number of hydrogen-bond acceptors (Lipinski definition) is 3. The topological polar surface area (TPSA) is 72.2 Å². The zero-order valence-electron chi connectivity index (χ0n) is 14.1. The van der Waals surface area contributed by atoms with Gasteiger partial charge < -0.3 is 5.32 Å². The highest BCUT2D eigenvalue weighted by atomic mass is 16.6. The summed E-state index contributed by atoms with van der Waals surface area (Å²) in [7, 11) is 0. The molecule has 4 fully saturated rings. The van der Waals surface area contributed by atoms with Crippen molar-refractivity contribution in [1.29, 1.82) is 0 Å². The van der Waals surface area contributed by atoms with Crippen LogP contribution in [-0.4, -0.2) is 10.8 Å². The number of non-ortho nitro benzene ring substituents is 1. The predicted molar refractivity (Wildman–Crippen MR) is 91.7 cm³/mol. The maximum Gasteiger partial charge on any atom is 0.271 e. The van der Waals surface area contributed by atoms with Crippen molar-refractivity contribution in [2.45, 2.75) is 51.9 Å². The van der Waals surface area contributed by atoms with Crippen molar-refractivity contribution in [2.75, 3.05) is 5.32 Å². The summed E-state index contributed by atoms with van der Waals surface area (Å²) in [6.45, 7) is 1.87. The Balaban J connectivity index is 1.48. The Morgan fingerprint density at radius 1 is 1.21 bits per heavy atom. The third-order valence-electron chi connectivity index (χ3n) is 6.41. The summed E-state index contributed by atoms with van der Waals surface area (Å²) < 4.78 is 0. The number of carbonyl (C=O) groups is 1. The van der Waals surface area contributed by atoms with Crippen LogP contribution in [0.2, 0.25) is 0 Å². The molecule has 5 nitrogen and oxygen atoms in total. The number of carbonyl (C=O) groups excluding carboxylic acids is 1. The standard InChI is InChI=1S/C19H24N2O3/c1-12-2-3-16(21(23)24)7-17(12)20-18(22)11-19-8-13-4-14(9-19)6-15(5-13)10-19/h2-3,7,13-15H,4-6,8-11H2,1H3,(H,20,22). The van der Waals surface area contributed by atoms with Gasteiger partial charge in [0, 0.05) is 18.6 Å². The number of hydrogen-bond donors (Lipinski definition) is 1. The van der Waals surface area contributed by atoms with Gasteiger partial charge in [0.05, 0.1) is 10.6 Å². The summed E-state index contributed by atoms with van der Waals surface area (Å²) in [6.07, 6.45) is 8.25. The van der Waals surface area contributed by atoms with Crippen LogP contribution in [-0.2, 0) is 4.79 Å². The second-order valence-electron chi connectivity index (χ2n) is 8.40. The Morgan fingerprint density at radius 3 is 2.33 bits per heavy atom. The van der Waals surface area contributed by atoms with Gasteiger partial charge in [-0.1, -0.05) is 6.07 Å². The van der Waals surface area contributed by atoms with E-state index in [1.165, 1.54) is 50.7 Å². The Kier molecular flexibility index (Phi) is 3.62. The van der Waals surface area contributed by atoms with Gasteiger partial charge in [0.2, 0.25) is 5.91 Å². The number of rotatable bonds is 4. The van der Waals surface area contributed by atoms with Crippen LogP contribution in [0, 0.1) is 40.2 Å². The lowest BCUT2D eigenvalue weighted by Crippen LogP contribution is -2.47. The molecule has 0 heterocycles. The summed E-state index contributed by atoms with van der Waals surface area (Å²) in [5.74, 6) is 2.48. The number of anilines is 1. The van der Waals surface area contributed by atoms with Crippen molar-refractivity contribution in [1.82, 2.24) is 0 Å². The molecule has 128 valence electrons. The first-order valence-corrected chi connectivity index (χ1v) is 8.97. The fraction of sp³-hybridized carbons (Fsp3) is 0.632. The first-order chi connectivity index (χ1) is 11.4. The average molecular weight is 328 g/mol. The van der Waals surface area contributed by atoms with Crippen LogP contribution in [0.3, 0.4) is 0 Å². The molecule has 0 aliphatic heterocycles. The number of benzene rings is 1. The van der Waals surface area contributed by atoms with Gasteiger partial charge in [-0.15, -0.1) is 0 Å². The van der Waals surface area contributed by atoms with Crippen LogP contribution < -0.4 is 5.32 Å². The molecule has 4 saturated carbocycles.